The van der Waals surface area contributed by atoms with E-state index in [1.807, 2.05) is 0 Å². The van der Waals surface area contributed by atoms with Crippen LogP contribution in [0.15, 0.2) is 11.6 Å². The standard InChI is InChI=1S/C16H25NO/c18-10-14-9-17-2-1-15(14)16-6-11-3-12(7-16)5-13(4-11)8-16/h1,11-14,17-18H,2-10H2. The van der Waals surface area contributed by atoms with E-state index in [2.05, 4.69) is 11.4 Å². The van der Waals surface area contributed by atoms with Crippen molar-refractivity contribution in [2.45, 2.75) is 38.5 Å². The molecule has 4 saturated carbocycles. The molecule has 0 amide bonds. The molecular weight excluding hydrogens is 222 g/mol. The monoisotopic (exact) mass is 247 g/mol. The Hall–Kier alpha value is -0.340. The van der Waals surface area contributed by atoms with E-state index in [1.54, 1.807) is 5.57 Å². The highest BCUT2D eigenvalue weighted by Crippen LogP contribution is 2.63. The first-order valence-corrected chi connectivity index (χ1v) is 7.81. The Kier molecular flexibility index (Phi) is 2.60. The lowest BCUT2D eigenvalue weighted by atomic mass is 9.46. The highest BCUT2D eigenvalue weighted by molar-refractivity contribution is 5.25. The van der Waals surface area contributed by atoms with Crippen LogP contribution in [-0.2, 0) is 0 Å². The molecule has 5 aliphatic rings. The van der Waals surface area contributed by atoms with Crippen LogP contribution >= 0.6 is 0 Å². The van der Waals surface area contributed by atoms with Crippen LogP contribution in [0.4, 0.5) is 0 Å². The van der Waals surface area contributed by atoms with Crippen LogP contribution in [0.25, 0.3) is 0 Å². The Morgan fingerprint density at radius 2 is 1.72 bits per heavy atom. The van der Waals surface area contributed by atoms with Gasteiger partial charge in [0.15, 0.2) is 0 Å². The maximum atomic E-state index is 9.68. The summed E-state index contributed by atoms with van der Waals surface area (Å²) < 4.78 is 0. The van der Waals surface area contributed by atoms with E-state index in [0.717, 1.165) is 30.8 Å². The molecule has 0 spiro atoms. The largest absolute Gasteiger partial charge is 0.396 e. The van der Waals surface area contributed by atoms with Crippen LogP contribution in [0.2, 0.25) is 0 Å². The van der Waals surface area contributed by atoms with Crippen LogP contribution in [0.3, 0.4) is 0 Å². The Bertz CT molecular complexity index is 338. The summed E-state index contributed by atoms with van der Waals surface area (Å²) in [5, 5.41) is 13.1. The van der Waals surface area contributed by atoms with Crippen molar-refractivity contribution in [2.24, 2.45) is 29.1 Å². The molecule has 0 radical (unpaired) electrons. The lowest BCUT2D eigenvalue weighted by Crippen LogP contribution is -2.50. The highest BCUT2D eigenvalue weighted by Gasteiger charge is 2.53. The van der Waals surface area contributed by atoms with Gasteiger partial charge in [-0.05, 0) is 61.7 Å². The molecule has 2 heteroatoms. The zero-order valence-corrected chi connectivity index (χ0v) is 11.2. The molecule has 0 aromatic heterocycles. The van der Waals surface area contributed by atoms with Crippen molar-refractivity contribution in [3.63, 3.8) is 0 Å². The van der Waals surface area contributed by atoms with E-state index >= 15 is 0 Å². The molecule has 1 heterocycles. The summed E-state index contributed by atoms with van der Waals surface area (Å²) in [6.07, 6.45) is 11.2. The molecule has 2 nitrogen and oxygen atoms in total. The SMILES string of the molecule is OCC1CNCC=C1C12CC3CC(CC(C3)C1)C2. The molecular formula is C16H25NO. The average Bonchev–Trinajstić information content (AvgIpc) is 2.37. The van der Waals surface area contributed by atoms with Gasteiger partial charge in [-0.2, -0.15) is 0 Å². The van der Waals surface area contributed by atoms with Gasteiger partial charge in [-0.25, -0.2) is 0 Å². The van der Waals surface area contributed by atoms with E-state index in [1.165, 1.54) is 38.5 Å². The highest BCUT2D eigenvalue weighted by atomic mass is 16.3. The van der Waals surface area contributed by atoms with Crippen molar-refractivity contribution in [1.29, 1.82) is 0 Å². The van der Waals surface area contributed by atoms with Crippen molar-refractivity contribution in [3.8, 4) is 0 Å². The number of aliphatic hydroxyl groups is 1. The molecule has 4 bridgehead atoms. The summed E-state index contributed by atoms with van der Waals surface area (Å²) in [6, 6.07) is 0. The predicted molar refractivity (Wildman–Crippen MR) is 72.1 cm³/mol. The van der Waals surface area contributed by atoms with Gasteiger partial charge in [-0.3, -0.25) is 0 Å². The van der Waals surface area contributed by atoms with E-state index in [-0.39, 0.29) is 0 Å². The number of rotatable bonds is 2. The van der Waals surface area contributed by atoms with Gasteiger partial charge in [0, 0.05) is 19.0 Å². The Morgan fingerprint density at radius 3 is 2.28 bits per heavy atom. The average molecular weight is 247 g/mol. The fraction of sp³-hybridized carbons (Fsp3) is 0.875. The molecule has 5 rings (SSSR count). The third-order valence-corrected chi connectivity index (χ3v) is 6.17. The number of nitrogens with one attached hydrogen (secondary N) is 1. The van der Waals surface area contributed by atoms with Crippen LogP contribution in [0.5, 0.6) is 0 Å². The minimum Gasteiger partial charge on any atom is -0.396 e. The molecule has 0 aromatic carbocycles. The summed E-state index contributed by atoms with van der Waals surface area (Å²) in [5.41, 5.74) is 2.15. The molecule has 4 aliphatic carbocycles. The van der Waals surface area contributed by atoms with Gasteiger partial charge >= 0.3 is 0 Å². The first kappa shape index (κ1) is 11.5. The lowest BCUT2D eigenvalue weighted by Gasteiger charge is -2.59. The number of hydrogen-bond donors (Lipinski definition) is 2. The summed E-state index contributed by atoms with van der Waals surface area (Å²) in [4.78, 5) is 0. The summed E-state index contributed by atoms with van der Waals surface area (Å²) in [5.74, 6) is 3.42. The van der Waals surface area contributed by atoms with Crippen LogP contribution < -0.4 is 5.32 Å². The zero-order valence-electron chi connectivity index (χ0n) is 11.2. The summed E-state index contributed by atoms with van der Waals surface area (Å²) in [6.45, 7) is 2.35. The van der Waals surface area contributed by atoms with Gasteiger partial charge < -0.3 is 10.4 Å². The fourth-order valence-corrected chi connectivity index (χ4v) is 5.99. The van der Waals surface area contributed by atoms with Gasteiger partial charge in [-0.1, -0.05) is 11.6 Å². The topological polar surface area (TPSA) is 32.3 Å². The molecule has 18 heavy (non-hydrogen) atoms. The van der Waals surface area contributed by atoms with Crippen molar-refractivity contribution in [3.05, 3.63) is 11.6 Å². The maximum absolute atomic E-state index is 9.68. The molecule has 1 unspecified atom stereocenters. The van der Waals surface area contributed by atoms with Crippen molar-refractivity contribution in [1.82, 2.24) is 5.32 Å². The predicted octanol–water partition coefficient (Wildman–Crippen LogP) is 2.34. The quantitative estimate of drug-likeness (QED) is 0.734. The Balaban J connectivity index is 1.68. The number of aliphatic hydroxyl groups excluding tert-OH is 1. The minimum absolute atomic E-state index is 0.334. The molecule has 2 N–H and O–H groups in total. The van der Waals surface area contributed by atoms with Crippen molar-refractivity contribution in [2.75, 3.05) is 19.7 Å². The van der Waals surface area contributed by atoms with Gasteiger partial charge in [0.2, 0.25) is 0 Å². The second kappa shape index (κ2) is 4.08. The maximum Gasteiger partial charge on any atom is 0.0508 e. The van der Waals surface area contributed by atoms with Gasteiger partial charge in [0.05, 0.1) is 6.61 Å². The molecule has 1 atom stereocenters. The third kappa shape index (κ3) is 1.61. The number of hydrogen-bond acceptors (Lipinski definition) is 2. The van der Waals surface area contributed by atoms with E-state index in [0.29, 0.717) is 17.9 Å². The normalized spacial score (nSPS) is 50.4. The first-order valence-electron chi connectivity index (χ1n) is 7.81. The molecule has 1 aliphatic heterocycles. The van der Waals surface area contributed by atoms with Crippen LogP contribution in [0.1, 0.15) is 38.5 Å². The first-order chi connectivity index (χ1) is 8.79. The Morgan fingerprint density at radius 1 is 1.11 bits per heavy atom. The zero-order chi connectivity index (χ0) is 12.2. The van der Waals surface area contributed by atoms with Crippen molar-refractivity contribution < 1.29 is 5.11 Å². The molecule has 0 aromatic rings. The van der Waals surface area contributed by atoms with E-state index < -0.39 is 0 Å². The third-order valence-electron chi connectivity index (χ3n) is 6.17. The molecule has 100 valence electrons. The van der Waals surface area contributed by atoms with E-state index in [4.69, 9.17) is 0 Å². The van der Waals surface area contributed by atoms with Crippen molar-refractivity contribution >= 4 is 0 Å². The van der Waals surface area contributed by atoms with Crippen LogP contribution in [0, 0.1) is 29.1 Å². The van der Waals surface area contributed by atoms with Gasteiger partial charge in [0.25, 0.3) is 0 Å². The summed E-state index contributed by atoms with van der Waals surface area (Å²) >= 11 is 0. The fourth-order valence-electron chi connectivity index (χ4n) is 5.99. The van der Waals surface area contributed by atoms with E-state index in [9.17, 15) is 5.11 Å². The Labute approximate surface area is 110 Å². The van der Waals surface area contributed by atoms with Gasteiger partial charge in [-0.15, -0.1) is 0 Å². The second-order valence-electron chi connectivity index (χ2n) is 7.40. The molecule has 0 saturated heterocycles. The summed E-state index contributed by atoms with van der Waals surface area (Å²) in [7, 11) is 0. The minimum atomic E-state index is 0.334. The smallest absolute Gasteiger partial charge is 0.0508 e. The lowest BCUT2D eigenvalue weighted by molar-refractivity contribution is -0.0381. The van der Waals surface area contributed by atoms with Gasteiger partial charge in [0.1, 0.15) is 0 Å². The second-order valence-corrected chi connectivity index (χ2v) is 7.40. The molecule has 4 fully saturated rings. The van der Waals surface area contributed by atoms with Crippen LogP contribution in [-0.4, -0.2) is 24.8 Å².